The standard InChI is InChI=1S/C19H19N3O3/c23-19(24)15-11-22(12-15)10-13-4-6-14(7-5-13)17-9-18(25-21-17)16-3-1-2-8-20-16/h1-8,15,18H,9-12H2,(H,23,24)/p-1. The number of hydrogen-bond donors (Lipinski definition) is 0. The molecule has 6 heteroatoms. The van der Waals surface area contributed by atoms with Crippen LogP contribution in [0.3, 0.4) is 0 Å². The molecule has 25 heavy (non-hydrogen) atoms. The molecule has 2 aliphatic heterocycles. The molecule has 0 saturated carbocycles. The Kier molecular flexibility index (Phi) is 4.19. The first-order chi connectivity index (χ1) is 12.2. The monoisotopic (exact) mass is 336 g/mol. The van der Waals surface area contributed by atoms with E-state index in [2.05, 4.69) is 27.2 Å². The van der Waals surface area contributed by atoms with Gasteiger partial charge in [-0.3, -0.25) is 9.88 Å². The normalized spacial score (nSPS) is 20.6. The van der Waals surface area contributed by atoms with Gasteiger partial charge in [0.05, 0.1) is 11.4 Å². The fraction of sp³-hybridized carbons (Fsp3) is 0.316. The van der Waals surface area contributed by atoms with Crippen LogP contribution in [0.1, 0.15) is 29.3 Å². The van der Waals surface area contributed by atoms with Crippen molar-refractivity contribution in [2.45, 2.75) is 19.1 Å². The zero-order valence-electron chi connectivity index (χ0n) is 13.7. The van der Waals surface area contributed by atoms with E-state index in [1.165, 1.54) is 0 Å². The van der Waals surface area contributed by atoms with E-state index >= 15 is 0 Å². The number of benzene rings is 1. The van der Waals surface area contributed by atoms with E-state index in [0.717, 1.165) is 29.1 Å². The van der Waals surface area contributed by atoms with E-state index in [4.69, 9.17) is 4.84 Å². The summed E-state index contributed by atoms with van der Waals surface area (Å²) >= 11 is 0. The number of carboxylic acids is 1. The third-order valence-electron chi connectivity index (χ3n) is 4.67. The smallest absolute Gasteiger partial charge is 0.174 e. The third-order valence-corrected chi connectivity index (χ3v) is 4.67. The summed E-state index contributed by atoms with van der Waals surface area (Å²) in [6, 6.07) is 13.9. The first-order valence-corrected chi connectivity index (χ1v) is 8.35. The van der Waals surface area contributed by atoms with Gasteiger partial charge in [-0.2, -0.15) is 0 Å². The van der Waals surface area contributed by atoms with Gasteiger partial charge in [0, 0.05) is 44.1 Å². The summed E-state index contributed by atoms with van der Waals surface area (Å²) in [5.41, 5.74) is 4.00. The molecule has 0 aliphatic carbocycles. The number of carbonyl (C=O) groups is 1. The van der Waals surface area contributed by atoms with E-state index in [9.17, 15) is 9.90 Å². The van der Waals surface area contributed by atoms with E-state index in [-0.39, 0.29) is 12.0 Å². The van der Waals surface area contributed by atoms with Gasteiger partial charge in [-0.15, -0.1) is 0 Å². The van der Waals surface area contributed by atoms with Crippen molar-refractivity contribution in [2.24, 2.45) is 11.1 Å². The van der Waals surface area contributed by atoms with Gasteiger partial charge in [0.1, 0.15) is 0 Å². The molecule has 0 radical (unpaired) electrons. The fourth-order valence-corrected chi connectivity index (χ4v) is 3.18. The zero-order valence-corrected chi connectivity index (χ0v) is 13.7. The highest BCUT2D eigenvalue weighted by Gasteiger charge is 2.27. The van der Waals surface area contributed by atoms with Crippen LogP contribution in [0.4, 0.5) is 0 Å². The van der Waals surface area contributed by atoms with Crippen molar-refractivity contribution in [3.63, 3.8) is 0 Å². The summed E-state index contributed by atoms with van der Waals surface area (Å²) in [4.78, 5) is 22.7. The summed E-state index contributed by atoms with van der Waals surface area (Å²) in [6.45, 7) is 1.89. The van der Waals surface area contributed by atoms with Crippen LogP contribution in [-0.2, 0) is 16.2 Å². The van der Waals surface area contributed by atoms with Crippen molar-refractivity contribution < 1.29 is 14.7 Å². The largest absolute Gasteiger partial charge is 0.550 e. The molecule has 1 atom stereocenters. The Morgan fingerprint density at radius 1 is 1.20 bits per heavy atom. The van der Waals surface area contributed by atoms with Gasteiger partial charge in [-0.05, 0) is 23.3 Å². The molecule has 6 nitrogen and oxygen atoms in total. The SMILES string of the molecule is O=C([O-])C1CN(Cc2ccc(C3=NOC(c4ccccn4)C3)cc2)C1. The quantitative estimate of drug-likeness (QED) is 0.818. The van der Waals surface area contributed by atoms with Gasteiger partial charge in [-0.1, -0.05) is 35.5 Å². The number of rotatable bonds is 5. The first-order valence-electron chi connectivity index (χ1n) is 8.35. The maximum absolute atomic E-state index is 10.7. The van der Waals surface area contributed by atoms with Crippen molar-refractivity contribution in [1.82, 2.24) is 9.88 Å². The molecule has 0 spiro atoms. The Bertz CT molecular complexity index is 783. The second-order valence-corrected chi connectivity index (χ2v) is 6.50. The number of carboxylic acid groups (broad SMARTS) is 1. The van der Waals surface area contributed by atoms with Gasteiger partial charge in [0.25, 0.3) is 0 Å². The van der Waals surface area contributed by atoms with E-state index < -0.39 is 5.97 Å². The predicted octanol–water partition coefficient (Wildman–Crippen LogP) is 1.13. The number of hydrogen-bond acceptors (Lipinski definition) is 6. The molecular weight excluding hydrogens is 318 g/mol. The number of oxime groups is 1. The lowest BCUT2D eigenvalue weighted by Crippen LogP contribution is -2.53. The molecule has 2 aromatic rings. The van der Waals surface area contributed by atoms with E-state index in [1.54, 1.807) is 6.20 Å². The summed E-state index contributed by atoms with van der Waals surface area (Å²) in [5.74, 6) is -1.28. The number of nitrogens with zero attached hydrogens (tertiary/aromatic N) is 3. The minimum absolute atomic E-state index is 0.126. The molecule has 1 unspecified atom stereocenters. The van der Waals surface area contributed by atoms with Crippen LogP contribution in [0, 0.1) is 5.92 Å². The second-order valence-electron chi connectivity index (χ2n) is 6.50. The van der Waals surface area contributed by atoms with Crippen LogP contribution in [0.5, 0.6) is 0 Å². The summed E-state index contributed by atoms with van der Waals surface area (Å²) < 4.78 is 0. The van der Waals surface area contributed by atoms with Gasteiger partial charge < -0.3 is 14.7 Å². The lowest BCUT2D eigenvalue weighted by molar-refractivity contribution is -0.315. The van der Waals surface area contributed by atoms with Crippen LogP contribution < -0.4 is 5.11 Å². The number of aromatic nitrogens is 1. The predicted molar refractivity (Wildman–Crippen MR) is 89.4 cm³/mol. The molecule has 1 aromatic heterocycles. The van der Waals surface area contributed by atoms with E-state index in [1.807, 2.05) is 30.3 Å². The molecule has 1 saturated heterocycles. The summed E-state index contributed by atoms with van der Waals surface area (Å²) in [5, 5.41) is 14.9. The molecule has 1 fully saturated rings. The minimum Gasteiger partial charge on any atom is -0.550 e. The van der Waals surface area contributed by atoms with Gasteiger partial charge >= 0.3 is 0 Å². The van der Waals surface area contributed by atoms with Gasteiger partial charge in [0.2, 0.25) is 0 Å². The molecule has 0 amide bonds. The molecule has 0 N–H and O–H groups in total. The van der Waals surface area contributed by atoms with Crippen LogP contribution in [-0.4, -0.2) is 34.7 Å². The number of carbonyl (C=O) groups excluding carboxylic acids is 1. The third kappa shape index (κ3) is 3.39. The van der Waals surface area contributed by atoms with E-state index in [0.29, 0.717) is 19.5 Å². The zero-order chi connectivity index (χ0) is 17.2. The maximum Gasteiger partial charge on any atom is 0.174 e. The minimum atomic E-state index is -0.951. The second kappa shape index (κ2) is 6.64. The Hall–Kier alpha value is -2.73. The van der Waals surface area contributed by atoms with Crippen molar-refractivity contribution in [3.05, 3.63) is 65.5 Å². The molecular formula is C19H18N3O3-. The van der Waals surface area contributed by atoms with Crippen molar-refractivity contribution in [2.75, 3.05) is 13.1 Å². The topological polar surface area (TPSA) is 77.8 Å². The van der Waals surface area contributed by atoms with Crippen LogP contribution in [0.2, 0.25) is 0 Å². The Morgan fingerprint density at radius 3 is 2.68 bits per heavy atom. The fourth-order valence-electron chi connectivity index (χ4n) is 3.18. The molecule has 0 bridgehead atoms. The highest BCUT2D eigenvalue weighted by molar-refractivity contribution is 6.01. The van der Waals surface area contributed by atoms with Crippen molar-refractivity contribution in [1.29, 1.82) is 0 Å². The number of aliphatic carboxylic acids is 1. The van der Waals surface area contributed by atoms with Crippen molar-refractivity contribution in [3.8, 4) is 0 Å². The van der Waals surface area contributed by atoms with Crippen LogP contribution in [0.25, 0.3) is 0 Å². The lowest BCUT2D eigenvalue weighted by Gasteiger charge is -2.39. The number of pyridine rings is 1. The Labute approximate surface area is 145 Å². The van der Waals surface area contributed by atoms with Gasteiger partial charge in [-0.25, -0.2) is 0 Å². The molecule has 4 rings (SSSR count). The highest BCUT2D eigenvalue weighted by Crippen LogP contribution is 2.28. The van der Waals surface area contributed by atoms with Crippen LogP contribution in [0.15, 0.2) is 53.8 Å². The highest BCUT2D eigenvalue weighted by atomic mass is 16.6. The van der Waals surface area contributed by atoms with Crippen LogP contribution >= 0.6 is 0 Å². The van der Waals surface area contributed by atoms with Crippen molar-refractivity contribution >= 4 is 11.7 Å². The molecule has 128 valence electrons. The lowest BCUT2D eigenvalue weighted by atomic mass is 9.98. The average Bonchev–Trinajstić information content (AvgIpc) is 3.09. The maximum atomic E-state index is 10.7. The summed E-state index contributed by atoms with van der Waals surface area (Å²) in [6.07, 6.45) is 2.33. The molecule has 1 aromatic carbocycles. The molecule has 2 aliphatic rings. The molecule has 3 heterocycles. The first kappa shape index (κ1) is 15.8. The Morgan fingerprint density at radius 2 is 2.00 bits per heavy atom. The average molecular weight is 336 g/mol. The summed E-state index contributed by atoms with van der Waals surface area (Å²) in [7, 11) is 0. The van der Waals surface area contributed by atoms with Gasteiger partial charge in [0.15, 0.2) is 6.10 Å². The number of likely N-dealkylation sites (tertiary alicyclic amines) is 1. The Balaban J connectivity index is 1.34.